The molecule has 1 heterocycles. The summed E-state index contributed by atoms with van der Waals surface area (Å²) in [6.45, 7) is 5.70. The van der Waals surface area contributed by atoms with Crippen molar-refractivity contribution < 1.29 is 14.4 Å². The fourth-order valence-electron chi connectivity index (χ4n) is 4.18. The highest BCUT2D eigenvalue weighted by Crippen LogP contribution is 2.38. The lowest BCUT2D eigenvalue weighted by Crippen LogP contribution is -2.51. The molecular formula is C27H27N3O3. The van der Waals surface area contributed by atoms with E-state index in [2.05, 4.69) is 0 Å². The standard InChI is InChI=1S/C27H27N3O3/c1-27(2,3)30(21-14-8-5-9-15-21)26(33)19-28-22-16-10-11-17-23(22)29(25(32)18-24(28)31)20-12-6-4-7-13-20/h4-17H,18-19H2,1-3H3. The van der Waals surface area contributed by atoms with E-state index in [0.29, 0.717) is 17.1 Å². The first-order valence-corrected chi connectivity index (χ1v) is 10.9. The molecule has 0 atom stereocenters. The van der Waals surface area contributed by atoms with Crippen molar-refractivity contribution in [1.29, 1.82) is 0 Å². The maximum absolute atomic E-state index is 13.6. The molecule has 1 aliphatic heterocycles. The van der Waals surface area contributed by atoms with Crippen LogP contribution < -0.4 is 14.7 Å². The van der Waals surface area contributed by atoms with Gasteiger partial charge in [0.05, 0.1) is 11.4 Å². The highest BCUT2D eigenvalue weighted by molar-refractivity contribution is 6.19. The van der Waals surface area contributed by atoms with E-state index in [0.717, 1.165) is 5.69 Å². The fraction of sp³-hybridized carbons (Fsp3) is 0.222. The second kappa shape index (κ2) is 8.90. The number of hydrogen-bond acceptors (Lipinski definition) is 3. The average molecular weight is 442 g/mol. The second-order valence-electron chi connectivity index (χ2n) is 8.95. The van der Waals surface area contributed by atoms with Crippen LogP contribution in [0, 0.1) is 0 Å². The Balaban J connectivity index is 1.74. The van der Waals surface area contributed by atoms with Gasteiger partial charge < -0.3 is 9.80 Å². The molecule has 168 valence electrons. The minimum atomic E-state index is -0.501. The molecular weight excluding hydrogens is 414 g/mol. The second-order valence-corrected chi connectivity index (χ2v) is 8.95. The Kier molecular flexibility index (Phi) is 6.01. The van der Waals surface area contributed by atoms with E-state index in [1.807, 2.05) is 87.5 Å². The number of para-hydroxylation sites is 4. The molecule has 0 saturated heterocycles. The van der Waals surface area contributed by atoms with Gasteiger partial charge >= 0.3 is 0 Å². The highest BCUT2D eigenvalue weighted by atomic mass is 16.2. The Morgan fingerprint density at radius 3 is 1.94 bits per heavy atom. The molecule has 0 unspecified atom stereocenters. The molecule has 0 aliphatic carbocycles. The number of nitrogens with zero attached hydrogens (tertiary/aromatic N) is 3. The smallest absolute Gasteiger partial charge is 0.247 e. The van der Waals surface area contributed by atoms with E-state index < -0.39 is 11.4 Å². The van der Waals surface area contributed by atoms with Crippen LogP contribution in [0.25, 0.3) is 0 Å². The Morgan fingerprint density at radius 1 is 0.788 bits per heavy atom. The highest BCUT2D eigenvalue weighted by Gasteiger charge is 2.36. The lowest BCUT2D eigenvalue weighted by Gasteiger charge is -2.37. The van der Waals surface area contributed by atoms with Crippen molar-refractivity contribution in [3.05, 3.63) is 84.9 Å². The summed E-state index contributed by atoms with van der Waals surface area (Å²) in [6.07, 6.45) is -0.322. The van der Waals surface area contributed by atoms with E-state index in [1.165, 1.54) is 4.90 Å². The van der Waals surface area contributed by atoms with E-state index >= 15 is 0 Å². The van der Waals surface area contributed by atoms with E-state index in [4.69, 9.17) is 0 Å². The summed E-state index contributed by atoms with van der Waals surface area (Å²) in [5, 5.41) is 0. The van der Waals surface area contributed by atoms with Crippen molar-refractivity contribution in [3.8, 4) is 0 Å². The van der Waals surface area contributed by atoms with Gasteiger partial charge in [0.1, 0.15) is 13.0 Å². The largest absolute Gasteiger partial charge is 0.306 e. The van der Waals surface area contributed by atoms with Crippen molar-refractivity contribution in [2.75, 3.05) is 21.2 Å². The molecule has 3 aromatic rings. The SMILES string of the molecule is CC(C)(C)N(C(=O)CN1C(=O)CC(=O)N(c2ccccc2)c2ccccc21)c1ccccc1. The number of hydrogen-bond donors (Lipinski definition) is 0. The summed E-state index contributed by atoms with van der Waals surface area (Å²) in [7, 11) is 0. The van der Waals surface area contributed by atoms with Crippen LogP contribution >= 0.6 is 0 Å². The fourth-order valence-corrected chi connectivity index (χ4v) is 4.18. The molecule has 0 fully saturated rings. The zero-order valence-electron chi connectivity index (χ0n) is 19.1. The molecule has 4 rings (SSSR count). The van der Waals surface area contributed by atoms with Crippen molar-refractivity contribution in [2.45, 2.75) is 32.7 Å². The predicted molar refractivity (Wildman–Crippen MR) is 131 cm³/mol. The predicted octanol–water partition coefficient (Wildman–Crippen LogP) is 4.92. The number of carbonyl (C=O) groups excluding carboxylic acids is 3. The lowest BCUT2D eigenvalue weighted by molar-refractivity contribution is -0.127. The van der Waals surface area contributed by atoms with Gasteiger partial charge in [0.2, 0.25) is 17.7 Å². The van der Waals surface area contributed by atoms with Crippen LogP contribution in [0.5, 0.6) is 0 Å². The molecule has 3 aromatic carbocycles. The van der Waals surface area contributed by atoms with E-state index in [1.54, 1.807) is 28.0 Å². The summed E-state index contributed by atoms with van der Waals surface area (Å²) in [5.74, 6) is -0.956. The topological polar surface area (TPSA) is 60.9 Å². The number of rotatable bonds is 4. The minimum absolute atomic E-state index is 0.169. The van der Waals surface area contributed by atoms with Crippen LogP contribution in [-0.4, -0.2) is 29.8 Å². The van der Waals surface area contributed by atoms with Crippen LogP contribution in [0.3, 0.4) is 0 Å². The summed E-state index contributed by atoms with van der Waals surface area (Å²) >= 11 is 0. The number of amides is 3. The molecule has 0 radical (unpaired) electrons. The average Bonchev–Trinajstić information content (AvgIpc) is 2.88. The van der Waals surface area contributed by atoms with Gasteiger partial charge in [0, 0.05) is 16.9 Å². The third kappa shape index (κ3) is 4.51. The van der Waals surface area contributed by atoms with Gasteiger partial charge in [-0.1, -0.05) is 48.5 Å². The first-order valence-electron chi connectivity index (χ1n) is 10.9. The minimum Gasteiger partial charge on any atom is -0.306 e. The number of carbonyl (C=O) groups is 3. The summed E-state index contributed by atoms with van der Waals surface area (Å²) in [5.41, 5.74) is 2.05. The van der Waals surface area contributed by atoms with Crippen LogP contribution in [0.4, 0.5) is 22.7 Å². The normalized spacial score (nSPS) is 14.0. The molecule has 0 N–H and O–H groups in total. The Hall–Kier alpha value is -3.93. The van der Waals surface area contributed by atoms with Gasteiger partial charge in [-0.3, -0.25) is 19.3 Å². The quantitative estimate of drug-likeness (QED) is 0.540. The molecule has 3 amide bonds. The number of benzene rings is 3. The summed E-state index contributed by atoms with van der Waals surface area (Å²) in [6, 6.07) is 25.8. The maximum Gasteiger partial charge on any atom is 0.247 e. The summed E-state index contributed by atoms with van der Waals surface area (Å²) < 4.78 is 0. The zero-order valence-corrected chi connectivity index (χ0v) is 19.1. The third-order valence-corrected chi connectivity index (χ3v) is 5.51. The van der Waals surface area contributed by atoms with E-state index in [9.17, 15) is 14.4 Å². The Morgan fingerprint density at radius 2 is 1.33 bits per heavy atom. The van der Waals surface area contributed by atoms with Crippen molar-refractivity contribution in [1.82, 2.24) is 0 Å². The van der Waals surface area contributed by atoms with Crippen molar-refractivity contribution >= 4 is 40.5 Å². The van der Waals surface area contributed by atoms with Gasteiger partial charge in [-0.15, -0.1) is 0 Å². The maximum atomic E-state index is 13.6. The molecule has 6 heteroatoms. The van der Waals surface area contributed by atoms with Crippen LogP contribution in [0.2, 0.25) is 0 Å². The monoisotopic (exact) mass is 441 g/mol. The van der Waals surface area contributed by atoms with E-state index in [-0.39, 0.29) is 24.8 Å². The number of fused-ring (bicyclic) bond motifs is 1. The van der Waals surface area contributed by atoms with Gasteiger partial charge in [-0.25, -0.2) is 0 Å². The zero-order chi connectivity index (χ0) is 23.6. The molecule has 0 aromatic heterocycles. The first-order chi connectivity index (χ1) is 15.8. The molecule has 0 spiro atoms. The molecule has 0 saturated carbocycles. The van der Waals surface area contributed by atoms with Gasteiger partial charge in [0.15, 0.2) is 0 Å². The van der Waals surface area contributed by atoms with Crippen molar-refractivity contribution in [3.63, 3.8) is 0 Å². The first kappa shape index (κ1) is 22.3. The summed E-state index contributed by atoms with van der Waals surface area (Å²) in [4.78, 5) is 44.6. The molecule has 6 nitrogen and oxygen atoms in total. The van der Waals surface area contributed by atoms with Crippen LogP contribution in [0.1, 0.15) is 27.2 Å². The molecule has 33 heavy (non-hydrogen) atoms. The van der Waals surface area contributed by atoms with Crippen LogP contribution in [0.15, 0.2) is 84.9 Å². The molecule has 0 bridgehead atoms. The molecule has 1 aliphatic rings. The van der Waals surface area contributed by atoms with Crippen LogP contribution in [-0.2, 0) is 14.4 Å². The van der Waals surface area contributed by atoms with Gasteiger partial charge in [-0.2, -0.15) is 0 Å². The van der Waals surface area contributed by atoms with Gasteiger partial charge in [0.25, 0.3) is 0 Å². The third-order valence-electron chi connectivity index (χ3n) is 5.51. The lowest BCUT2D eigenvalue weighted by atomic mass is 10.0. The Labute approximate surface area is 194 Å². The Bertz CT molecular complexity index is 1170. The van der Waals surface area contributed by atoms with Gasteiger partial charge in [-0.05, 0) is 57.2 Å². The van der Waals surface area contributed by atoms with Crippen molar-refractivity contribution in [2.24, 2.45) is 0 Å². The number of anilines is 4.